The number of ether oxygens (including phenoxy) is 1. The van der Waals surface area contributed by atoms with Gasteiger partial charge in [0.15, 0.2) is 0 Å². The average Bonchev–Trinajstić information content (AvgIpc) is 2.26. The molecule has 0 amide bonds. The topological polar surface area (TPSA) is 121 Å². The van der Waals surface area contributed by atoms with E-state index < -0.39 is 39.6 Å². The molecule has 0 aromatic carbocycles. The molecular formula is C11H17KO7S. The van der Waals surface area contributed by atoms with E-state index in [9.17, 15) is 23.1 Å². The summed E-state index contributed by atoms with van der Waals surface area (Å²) in [7, 11) is -4.99. The Bertz CT molecular complexity index is 446. The van der Waals surface area contributed by atoms with Gasteiger partial charge in [-0.2, -0.15) is 8.42 Å². The summed E-state index contributed by atoms with van der Waals surface area (Å²) in [6.45, 7) is 5.02. The second-order valence-electron chi connectivity index (χ2n) is 4.00. The predicted octanol–water partition coefficient (Wildman–Crippen LogP) is -3.32. The van der Waals surface area contributed by atoms with Gasteiger partial charge in [-0.1, -0.05) is 19.4 Å². The summed E-state index contributed by atoms with van der Waals surface area (Å²) in [4.78, 5) is 22.5. The molecule has 0 saturated carbocycles. The van der Waals surface area contributed by atoms with Gasteiger partial charge in [-0.25, -0.2) is 0 Å². The van der Waals surface area contributed by atoms with Crippen LogP contribution < -0.4 is 56.5 Å². The number of unbranched alkanes of at least 4 members (excludes halogenated alkanes) is 1. The van der Waals surface area contributed by atoms with Crippen molar-refractivity contribution in [1.29, 1.82) is 0 Å². The van der Waals surface area contributed by atoms with Crippen molar-refractivity contribution in [2.24, 2.45) is 0 Å². The number of carboxylic acid groups (broad SMARTS) is 1. The van der Waals surface area contributed by atoms with Crippen LogP contribution in [0.4, 0.5) is 0 Å². The van der Waals surface area contributed by atoms with E-state index in [1.807, 2.05) is 6.92 Å². The molecule has 1 atom stereocenters. The maximum atomic E-state index is 11.8. The second kappa shape index (κ2) is 10.0. The SMILES string of the molecule is C=CCC(CC(=O)[O-])(C(=O)OCCCC)S(=O)(=O)O.[K+]. The first kappa shape index (κ1) is 22.5. The maximum absolute atomic E-state index is 11.8. The van der Waals surface area contributed by atoms with Gasteiger partial charge in [0, 0.05) is 12.4 Å². The molecular weight excluding hydrogens is 315 g/mol. The molecule has 20 heavy (non-hydrogen) atoms. The number of esters is 1. The molecule has 0 heterocycles. The van der Waals surface area contributed by atoms with Crippen molar-refractivity contribution in [3.8, 4) is 0 Å². The van der Waals surface area contributed by atoms with Crippen LogP contribution in [0.15, 0.2) is 12.7 Å². The Kier molecular flexibility index (Phi) is 11.3. The Labute approximate surface area is 160 Å². The second-order valence-corrected chi connectivity index (χ2v) is 5.73. The largest absolute Gasteiger partial charge is 1.00 e. The van der Waals surface area contributed by atoms with Gasteiger partial charge in [-0.15, -0.1) is 6.58 Å². The number of aliphatic carboxylic acids is 1. The summed E-state index contributed by atoms with van der Waals surface area (Å²) in [5.74, 6) is -3.10. The zero-order valence-electron chi connectivity index (χ0n) is 11.6. The number of carboxylic acids is 1. The number of hydrogen-bond donors (Lipinski definition) is 1. The van der Waals surface area contributed by atoms with Crippen LogP contribution in [0.5, 0.6) is 0 Å². The molecule has 0 rings (SSSR count). The standard InChI is InChI=1S/C11H18O7S.K/c1-3-5-7-18-10(14)11(6-4-2,8-9(12)13)19(15,16)17;/h4H,2-3,5-8H2,1H3,(H,12,13)(H,15,16,17);/q;+1/p-1. The molecule has 0 aliphatic rings. The van der Waals surface area contributed by atoms with Gasteiger partial charge in [0.05, 0.1) is 6.61 Å². The zero-order chi connectivity index (χ0) is 15.1. The average molecular weight is 332 g/mol. The fourth-order valence-corrected chi connectivity index (χ4v) is 2.33. The molecule has 0 aromatic rings. The minimum atomic E-state index is -4.99. The van der Waals surface area contributed by atoms with Gasteiger partial charge in [0.1, 0.15) is 0 Å². The van der Waals surface area contributed by atoms with E-state index in [0.29, 0.717) is 12.8 Å². The molecule has 1 unspecified atom stereocenters. The van der Waals surface area contributed by atoms with Crippen molar-refractivity contribution in [2.75, 3.05) is 6.61 Å². The third kappa shape index (κ3) is 6.33. The van der Waals surface area contributed by atoms with Gasteiger partial charge >= 0.3 is 57.4 Å². The molecule has 9 heteroatoms. The quantitative estimate of drug-likeness (QED) is 0.154. The third-order valence-electron chi connectivity index (χ3n) is 2.50. The van der Waals surface area contributed by atoms with E-state index in [1.54, 1.807) is 0 Å². The molecule has 0 saturated heterocycles. The minimum Gasteiger partial charge on any atom is -0.550 e. The van der Waals surface area contributed by atoms with Crippen LogP contribution >= 0.6 is 0 Å². The summed E-state index contributed by atoms with van der Waals surface area (Å²) in [6.07, 6.45) is 0.451. The minimum absolute atomic E-state index is 0. The molecule has 0 fully saturated rings. The van der Waals surface area contributed by atoms with E-state index in [4.69, 9.17) is 9.29 Å². The molecule has 0 bridgehead atoms. The number of carbonyl (C=O) groups is 2. The van der Waals surface area contributed by atoms with Crippen LogP contribution in [-0.4, -0.2) is 36.3 Å². The predicted molar refractivity (Wildman–Crippen MR) is 64.6 cm³/mol. The fourth-order valence-electron chi connectivity index (χ4n) is 1.44. The van der Waals surface area contributed by atoms with Crippen LogP contribution in [0.25, 0.3) is 0 Å². The first-order chi connectivity index (χ1) is 8.71. The Morgan fingerprint density at radius 3 is 2.35 bits per heavy atom. The van der Waals surface area contributed by atoms with Crippen molar-refractivity contribution in [3.05, 3.63) is 12.7 Å². The number of rotatable bonds is 9. The Hall–Kier alpha value is 0.226. The van der Waals surface area contributed by atoms with Gasteiger partial charge in [-0.3, -0.25) is 9.35 Å². The van der Waals surface area contributed by atoms with Crippen LogP contribution in [0.1, 0.15) is 32.6 Å². The van der Waals surface area contributed by atoms with Crippen LogP contribution in [0.3, 0.4) is 0 Å². The molecule has 0 radical (unpaired) electrons. The molecule has 0 aromatic heterocycles. The normalized spacial score (nSPS) is 13.7. The van der Waals surface area contributed by atoms with E-state index in [1.165, 1.54) is 0 Å². The third-order valence-corrected chi connectivity index (χ3v) is 3.97. The number of hydrogen-bond acceptors (Lipinski definition) is 6. The number of allylic oxidation sites excluding steroid dienone is 1. The fraction of sp³-hybridized carbons (Fsp3) is 0.636. The van der Waals surface area contributed by atoms with Gasteiger partial charge in [-0.05, 0) is 12.8 Å². The van der Waals surface area contributed by atoms with E-state index in [2.05, 4.69) is 6.58 Å². The molecule has 7 nitrogen and oxygen atoms in total. The summed E-state index contributed by atoms with van der Waals surface area (Å²) < 4.78 is 34.0. The van der Waals surface area contributed by atoms with E-state index in [-0.39, 0.29) is 58.0 Å². The van der Waals surface area contributed by atoms with E-state index in [0.717, 1.165) is 6.08 Å². The van der Waals surface area contributed by atoms with Crippen LogP contribution in [-0.2, 0) is 24.4 Å². The Morgan fingerprint density at radius 1 is 1.45 bits per heavy atom. The van der Waals surface area contributed by atoms with Crippen molar-refractivity contribution < 1.29 is 83.8 Å². The molecule has 110 valence electrons. The van der Waals surface area contributed by atoms with Gasteiger partial charge in [0.2, 0.25) is 4.75 Å². The molecule has 0 spiro atoms. The van der Waals surface area contributed by atoms with Crippen molar-refractivity contribution in [3.63, 3.8) is 0 Å². The van der Waals surface area contributed by atoms with Crippen molar-refractivity contribution >= 4 is 22.1 Å². The molecule has 0 aliphatic heterocycles. The van der Waals surface area contributed by atoms with Gasteiger partial charge in [0.25, 0.3) is 10.1 Å². The first-order valence-corrected chi connectivity index (χ1v) is 7.10. The van der Waals surface area contributed by atoms with E-state index >= 15 is 0 Å². The summed E-state index contributed by atoms with van der Waals surface area (Å²) in [5, 5.41) is 10.6. The maximum Gasteiger partial charge on any atom is 1.00 e. The van der Waals surface area contributed by atoms with Gasteiger partial charge < -0.3 is 14.6 Å². The zero-order valence-corrected chi connectivity index (χ0v) is 15.6. The summed E-state index contributed by atoms with van der Waals surface area (Å²) in [6, 6.07) is 0. The Morgan fingerprint density at radius 2 is 2.00 bits per heavy atom. The van der Waals surface area contributed by atoms with Crippen LogP contribution in [0, 0.1) is 0 Å². The smallest absolute Gasteiger partial charge is 0.550 e. The number of carbonyl (C=O) groups excluding carboxylic acids is 2. The summed E-state index contributed by atoms with van der Waals surface area (Å²) in [5.41, 5.74) is 0. The van der Waals surface area contributed by atoms with Crippen molar-refractivity contribution in [2.45, 2.75) is 37.4 Å². The molecule has 1 N–H and O–H groups in total. The Balaban J connectivity index is 0. The van der Waals surface area contributed by atoms with Crippen molar-refractivity contribution in [1.82, 2.24) is 0 Å². The monoisotopic (exact) mass is 332 g/mol. The molecule has 0 aliphatic carbocycles. The summed E-state index contributed by atoms with van der Waals surface area (Å²) >= 11 is 0. The van der Waals surface area contributed by atoms with Crippen LogP contribution in [0.2, 0.25) is 0 Å². The first-order valence-electron chi connectivity index (χ1n) is 5.66.